The molecule has 34 heavy (non-hydrogen) atoms. The van der Waals surface area contributed by atoms with Crippen LogP contribution in [0.25, 0.3) is 0 Å². The van der Waals surface area contributed by atoms with Crippen LogP contribution < -0.4 is 16.5 Å². The van der Waals surface area contributed by atoms with Crippen molar-refractivity contribution in [3.05, 3.63) is 69.3 Å². The number of halogens is 1. The molecule has 2 aromatic carbocycles. The Morgan fingerprint density at radius 2 is 1.79 bits per heavy atom. The Morgan fingerprint density at radius 3 is 2.44 bits per heavy atom. The normalized spacial score (nSPS) is 11.4. The van der Waals surface area contributed by atoms with E-state index < -0.39 is 17.9 Å². The summed E-state index contributed by atoms with van der Waals surface area (Å²) in [6, 6.07) is 15.9. The minimum Gasteiger partial charge on any atom is -0.480 e. The fourth-order valence-corrected chi connectivity index (χ4v) is 3.96. The molecule has 0 radical (unpaired) electrons. The highest BCUT2D eigenvalue weighted by Gasteiger charge is 2.30. The standard InChI is InChI=1S/C24H30IN5O4/c25-19-9-4-8-18(14-19)16-29-30(21(23(33)34)10-5-13-28-24(26)27)22(32)15-20(31)12-11-17-6-2-1-3-7-17/h1-4,6-9,14,21,29H,5,10-13,15-16H2,(H,33,34)(H4,26,27,28)/t21-/m0/s1. The van der Waals surface area contributed by atoms with Gasteiger partial charge in [-0.05, 0) is 65.1 Å². The third kappa shape index (κ3) is 9.87. The van der Waals surface area contributed by atoms with E-state index in [2.05, 4.69) is 33.3 Å². The molecule has 0 heterocycles. The SMILES string of the molecule is N=C(N)NCCC[C@@H](C(=O)O)N(NCc1cccc(I)c1)C(=O)CC(=O)CCc1ccccc1. The Morgan fingerprint density at radius 1 is 1.09 bits per heavy atom. The number of carbonyl (C=O) groups excluding carboxylic acids is 2. The molecular weight excluding hydrogens is 549 g/mol. The zero-order valence-electron chi connectivity index (χ0n) is 18.8. The van der Waals surface area contributed by atoms with Crippen LogP contribution in [0.2, 0.25) is 0 Å². The van der Waals surface area contributed by atoms with Crippen LogP contribution in [0.3, 0.4) is 0 Å². The van der Waals surface area contributed by atoms with E-state index >= 15 is 0 Å². The Bertz CT molecular complexity index is 986. The monoisotopic (exact) mass is 579 g/mol. The fraction of sp³-hybridized carbons (Fsp3) is 0.333. The first-order valence-corrected chi connectivity index (χ1v) is 12.0. The van der Waals surface area contributed by atoms with E-state index in [1.807, 2.05) is 54.6 Å². The molecule has 9 nitrogen and oxygen atoms in total. The molecule has 0 aliphatic rings. The summed E-state index contributed by atoms with van der Waals surface area (Å²) in [7, 11) is 0. The molecule has 0 aliphatic carbocycles. The summed E-state index contributed by atoms with van der Waals surface area (Å²) >= 11 is 2.18. The quantitative estimate of drug-likeness (QED) is 0.0577. The van der Waals surface area contributed by atoms with Gasteiger partial charge in [-0.25, -0.2) is 10.2 Å². The first-order valence-electron chi connectivity index (χ1n) is 10.9. The van der Waals surface area contributed by atoms with Crippen LogP contribution in [-0.4, -0.2) is 46.3 Å². The number of aryl methyl sites for hydroxylation is 1. The first-order chi connectivity index (χ1) is 16.3. The van der Waals surface area contributed by atoms with Crippen molar-refractivity contribution in [1.82, 2.24) is 15.8 Å². The number of benzene rings is 2. The fourth-order valence-electron chi connectivity index (χ4n) is 3.35. The van der Waals surface area contributed by atoms with Crippen LogP contribution in [0.15, 0.2) is 54.6 Å². The maximum atomic E-state index is 13.0. The lowest BCUT2D eigenvalue weighted by atomic mass is 10.1. The van der Waals surface area contributed by atoms with E-state index in [1.54, 1.807) is 0 Å². The number of hydrazine groups is 1. The second-order valence-corrected chi connectivity index (χ2v) is 9.01. The molecule has 0 aromatic heterocycles. The predicted octanol–water partition coefficient (Wildman–Crippen LogP) is 2.43. The van der Waals surface area contributed by atoms with E-state index in [4.69, 9.17) is 11.1 Å². The van der Waals surface area contributed by atoms with Crippen molar-refractivity contribution in [3.8, 4) is 0 Å². The number of ketones is 1. The van der Waals surface area contributed by atoms with Gasteiger partial charge in [-0.1, -0.05) is 42.5 Å². The zero-order valence-corrected chi connectivity index (χ0v) is 21.0. The number of nitrogens with two attached hydrogens (primary N) is 1. The van der Waals surface area contributed by atoms with Gasteiger partial charge in [0.05, 0.1) is 6.42 Å². The highest BCUT2D eigenvalue weighted by molar-refractivity contribution is 14.1. The highest BCUT2D eigenvalue weighted by atomic mass is 127. The number of carboxylic acid groups (broad SMARTS) is 1. The topological polar surface area (TPSA) is 149 Å². The van der Waals surface area contributed by atoms with E-state index in [0.717, 1.165) is 19.7 Å². The number of hydrogen-bond donors (Lipinski definition) is 5. The van der Waals surface area contributed by atoms with Gasteiger partial charge in [0.1, 0.15) is 11.8 Å². The number of guanidine groups is 1. The summed E-state index contributed by atoms with van der Waals surface area (Å²) < 4.78 is 1.01. The van der Waals surface area contributed by atoms with E-state index in [1.165, 1.54) is 0 Å². The van der Waals surface area contributed by atoms with Gasteiger partial charge in [-0.15, -0.1) is 0 Å². The van der Waals surface area contributed by atoms with Crippen molar-refractivity contribution in [2.24, 2.45) is 5.73 Å². The Balaban J connectivity index is 2.07. The van der Waals surface area contributed by atoms with Gasteiger partial charge < -0.3 is 16.2 Å². The first kappa shape index (κ1) is 27.3. The van der Waals surface area contributed by atoms with Crippen LogP contribution >= 0.6 is 22.6 Å². The third-order valence-electron chi connectivity index (χ3n) is 5.06. The molecule has 182 valence electrons. The van der Waals surface area contributed by atoms with Crippen LogP contribution in [0.5, 0.6) is 0 Å². The van der Waals surface area contributed by atoms with Crippen molar-refractivity contribution in [1.29, 1.82) is 5.41 Å². The Hall–Kier alpha value is -2.99. The van der Waals surface area contributed by atoms with Gasteiger partial charge in [0, 0.05) is 23.1 Å². The predicted molar refractivity (Wildman–Crippen MR) is 138 cm³/mol. The van der Waals surface area contributed by atoms with E-state index in [9.17, 15) is 19.5 Å². The maximum Gasteiger partial charge on any atom is 0.328 e. The minimum atomic E-state index is -1.18. The molecule has 0 saturated heterocycles. The van der Waals surface area contributed by atoms with Crippen LogP contribution in [-0.2, 0) is 27.3 Å². The van der Waals surface area contributed by atoms with Crippen LogP contribution in [0, 0.1) is 8.98 Å². The van der Waals surface area contributed by atoms with Gasteiger partial charge in [0.25, 0.3) is 0 Å². The number of hydrogen-bond acceptors (Lipinski definition) is 5. The molecule has 1 atom stereocenters. The molecule has 0 aliphatic heterocycles. The molecule has 10 heteroatoms. The average molecular weight is 579 g/mol. The van der Waals surface area contributed by atoms with Gasteiger partial charge in [0.15, 0.2) is 5.96 Å². The number of carbonyl (C=O) groups is 3. The van der Waals surface area contributed by atoms with Crippen molar-refractivity contribution in [3.63, 3.8) is 0 Å². The molecule has 0 fully saturated rings. The van der Waals surface area contributed by atoms with Crippen molar-refractivity contribution >= 4 is 46.2 Å². The molecule has 2 aromatic rings. The van der Waals surface area contributed by atoms with Gasteiger partial charge in [0.2, 0.25) is 5.91 Å². The van der Waals surface area contributed by atoms with Gasteiger partial charge in [-0.2, -0.15) is 0 Å². The van der Waals surface area contributed by atoms with Crippen molar-refractivity contribution in [2.45, 2.75) is 44.7 Å². The smallest absolute Gasteiger partial charge is 0.328 e. The third-order valence-corrected chi connectivity index (χ3v) is 5.73. The molecule has 0 bridgehead atoms. The molecule has 6 N–H and O–H groups in total. The number of amides is 1. The molecule has 2 rings (SSSR count). The molecule has 0 unspecified atom stereocenters. The number of rotatable bonds is 14. The molecule has 1 amide bonds. The summed E-state index contributed by atoms with van der Waals surface area (Å²) in [5, 5.41) is 20.7. The van der Waals surface area contributed by atoms with Crippen molar-refractivity contribution in [2.75, 3.05) is 6.54 Å². The lowest BCUT2D eigenvalue weighted by Crippen LogP contribution is -2.53. The van der Waals surface area contributed by atoms with Gasteiger partial charge in [-0.3, -0.25) is 20.0 Å². The summed E-state index contributed by atoms with van der Waals surface area (Å²) in [6.07, 6.45) is 0.816. The number of Topliss-reactive ketones (excluding diaryl/α,β-unsaturated/α-hetero) is 1. The lowest BCUT2D eigenvalue weighted by molar-refractivity contribution is -0.155. The lowest BCUT2D eigenvalue weighted by Gasteiger charge is -2.29. The number of nitrogens with one attached hydrogen (secondary N) is 3. The van der Waals surface area contributed by atoms with Crippen molar-refractivity contribution < 1.29 is 19.5 Å². The van der Waals surface area contributed by atoms with Crippen LogP contribution in [0.1, 0.15) is 36.8 Å². The summed E-state index contributed by atoms with van der Waals surface area (Å²) in [4.78, 5) is 37.6. The average Bonchev–Trinajstić information content (AvgIpc) is 2.79. The highest BCUT2D eigenvalue weighted by Crippen LogP contribution is 2.12. The van der Waals surface area contributed by atoms with E-state index in [0.29, 0.717) is 19.4 Å². The summed E-state index contributed by atoms with van der Waals surface area (Å²) in [5.41, 5.74) is 10.1. The van der Waals surface area contributed by atoms with Gasteiger partial charge >= 0.3 is 5.97 Å². The second kappa shape index (κ2) is 14.3. The summed E-state index contributed by atoms with van der Waals surface area (Å²) in [6.45, 7) is 0.532. The second-order valence-electron chi connectivity index (χ2n) is 7.77. The maximum absolute atomic E-state index is 13.0. The van der Waals surface area contributed by atoms with Crippen LogP contribution in [0.4, 0.5) is 0 Å². The number of nitrogens with zero attached hydrogens (tertiary/aromatic N) is 1. The molecule has 0 saturated carbocycles. The molecule has 0 spiro atoms. The number of carboxylic acids is 1. The molecular formula is C24H30IN5O4. The number of aliphatic carboxylic acids is 1. The minimum absolute atomic E-state index is 0.124. The largest absolute Gasteiger partial charge is 0.480 e. The Labute approximate surface area is 212 Å². The van der Waals surface area contributed by atoms with E-state index in [-0.39, 0.29) is 37.6 Å². The zero-order chi connectivity index (χ0) is 24.9. The summed E-state index contributed by atoms with van der Waals surface area (Å²) in [5.74, 6) is -2.23. The Kier molecular flexibility index (Phi) is 11.5.